The van der Waals surface area contributed by atoms with Gasteiger partial charge in [0.05, 0.1) is 12.4 Å². The summed E-state index contributed by atoms with van der Waals surface area (Å²) in [6, 6.07) is 2.24. The number of rotatable bonds is 18. The molecule has 3 rings (SSSR count). The normalized spacial score (nSPS) is 13.6. The van der Waals surface area contributed by atoms with Crippen molar-refractivity contribution in [2.24, 2.45) is 22.2 Å². The van der Waals surface area contributed by atoms with E-state index in [0.29, 0.717) is 17.7 Å². The van der Waals surface area contributed by atoms with Crippen LogP contribution in [0.5, 0.6) is 0 Å². The third-order valence-corrected chi connectivity index (χ3v) is 6.91. The largest absolute Gasteiger partial charge is 0.481 e. The highest BCUT2D eigenvalue weighted by Gasteiger charge is 2.31. The number of amides is 3. The van der Waals surface area contributed by atoms with Gasteiger partial charge in [0.2, 0.25) is 17.7 Å². The number of guanidine groups is 1. The zero-order valence-electron chi connectivity index (χ0n) is 24.4. The number of nitrogens with zero attached hydrogens (tertiary/aromatic N) is 2. The number of carboxylic acid groups (broad SMARTS) is 2. The first kappa shape index (κ1) is 34.0. The van der Waals surface area contributed by atoms with Crippen LogP contribution in [-0.4, -0.2) is 91.5 Å². The van der Waals surface area contributed by atoms with E-state index in [2.05, 4.69) is 35.9 Å². The molecule has 3 aromatic rings. The summed E-state index contributed by atoms with van der Waals surface area (Å²) in [5.74, 6) is -5.03. The molecular formula is C28H38N10O7. The number of aliphatic carboxylic acids is 2. The van der Waals surface area contributed by atoms with E-state index in [-0.39, 0.29) is 38.2 Å². The fourth-order valence-electron chi connectivity index (χ4n) is 4.56. The van der Waals surface area contributed by atoms with Gasteiger partial charge >= 0.3 is 11.9 Å². The quantitative estimate of drug-likeness (QED) is 0.0438. The van der Waals surface area contributed by atoms with Crippen LogP contribution in [0.3, 0.4) is 0 Å². The zero-order chi connectivity index (χ0) is 32.9. The molecule has 0 bridgehead atoms. The van der Waals surface area contributed by atoms with Crippen molar-refractivity contribution < 1.29 is 34.2 Å². The molecule has 0 radical (unpaired) electrons. The summed E-state index contributed by atoms with van der Waals surface area (Å²) in [6.45, 7) is 0.251. The van der Waals surface area contributed by atoms with Gasteiger partial charge < -0.3 is 53.3 Å². The van der Waals surface area contributed by atoms with E-state index in [1.54, 1.807) is 6.20 Å². The molecular weight excluding hydrogens is 588 g/mol. The zero-order valence-corrected chi connectivity index (χ0v) is 24.4. The second-order valence-electron chi connectivity index (χ2n) is 10.4. The molecule has 0 saturated heterocycles. The highest BCUT2D eigenvalue weighted by atomic mass is 16.4. The third-order valence-electron chi connectivity index (χ3n) is 6.91. The van der Waals surface area contributed by atoms with E-state index in [9.17, 15) is 34.2 Å². The number of fused-ring (bicyclic) bond motifs is 1. The first-order valence-corrected chi connectivity index (χ1v) is 14.1. The van der Waals surface area contributed by atoms with E-state index >= 15 is 0 Å². The van der Waals surface area contributed by atoms with Crippen molar-refractivity contribution in [1.29, 1.82) is 0 Å². The smallest absolute Gasteiger partial charge is 0.326 e. The lowest BCUT2D eigenvalue weighted by atomic mass is 10.0. The molecule has 0 fully saturated rings. The molecule has 17 nitrogen and oxygen atoms in total. The van der Waals surface area contributed by atoms with Gasteiger partial charge in [0.15, 0.2) is 5.96 Å². The standard InChI is InChI=1S/C28H38N10O7/c29-18(5-3-9-33-28(30)31)24(41)37-21(10-15-12-34-19-6-2-1-4-17(15)19)26(43)36-20(7-8-23(39)40)25(42)38-22(27(44)45)11-16-13-32-14-35-16/h1-2,4,6,12-14,18,20-22,34H,3,5,7-11,29H2,(H,32,35)(H,36,43)(H,37,41)(H,38,42)(H,39,40)(H,44,45)(H4,30,31,33). The van der Waals surface area contributed by atoms with Crippen LogP contribution >= 0.6 is 0 Å². The number of H-pyrrole nitrogens is 2. The molecule has 4 unspecified atom stereocenters. The lowest BCUT2D eigenvalue weighted by molar-refractivity contribution is -0.143. The number of hydrogen-bond donors (Lipinski definition) is 10. The third kappa shape index (κ3) is 10.6. The summed E-state index contributed by atoms with van der Waals surface area (Å²) in [7, 11) is 0. The van der Waals surface area contributed by atoms with Crippen LogP contribution in [0, 0.1) is 0 Å². The van der Waals surface area contributed by atoms with Crippen LogP contribution in [0.15, 0.2) is 48.0 Å². The number of imidazole rings is 1. The van der Waals surface area contributed by atoms with Crippen molar-refractivity contribution in [3.63, 3.8) is 0 Å². The summed E-state index contributed by atoms with van der Waals surface area (Å²) in [5.41, 5.74) is 18.6. The minimum atomic E-state index is -1.44. The first-order chi connectivity index (χ1) is 21.4. The fourth-order valence-corrected chi connectivity index (χ4v) is 4.56. The van der Waals surface area contributed by atoms with Crippen molar-refractivity contribution in [2.45, 2.75) is 62.7 Å². The maximum atomic E-state index is 13.7. The maximum absolute atomic E-state index is 13.7. The first-order valence-electron chi connectivity index (χ1n) is 14.1. The molecule has 1 aromatic carbocycles. The Balaban J connectivity index is 1.80. The van der Waals surface area contributed by atoms with E-state index in [0.717, 1.165) is 10.9 Å². The predicted molar refractivity (Wildman–Crippen MR) is 162 cm³/mol. The maximum Gasteiger partial charge on any atom is 0.326 e. The second-order valence-corrected chi connectivity index (χ2v) is 10.4. The Hall–Kier alpha value is -5.45. The predicted octanol–water partition coefficient (Wildman–Crippen LogP) is -1.54. The summed E-state index contributed by atoms with van der Waals surface area (Å²) >= 11 is 0. The molecule has 13 N–H and O–H groups in total. The van der Waals surface area contributed by atoms with Gasteiger partial charge in [0.25, 0.3) is 0 Å². The molecule has 0 aliphatic heterocycles. The monoisotopic (exact) mass is 626 g/mol. The van der Waals surface area contributed by atoms with Crippen molar-refractivity contribution in [3.8, 4) is 0 Å². The van der Waals surface area contributed by atoms with Gasteiger partial charge in [0.1, 0.15) is 18.1 Å². The van der Waals surface area contributed by atoms with E-state index < -0.39 is 60.2 Å². The Labute approximate surface area is 257 Å². The highest BCUT2D eigenvalue weighted by Crippen LogP contribution is 2.19. The molecule has 17 heteroatoms. The second kappa shape index (κ2) is 16.4. The topological polar surface area (TPSA) is 297 Å². The van der Waals surface area contributed by atoms with Gasteiger partial charge in [-0.1, -0.05) is 18.2 Å². The number of aromatic amines is 2. The lowest BCUT2D eigenvalue weighted by Crippen LogP contribution is -2.57. The summed E-state index contributed by atoms with van der Waals surface area (Å²) in [4.78, 5) is 76.7. The van der Waals surface area contributed by atoms with Crippen molar-refractivity contribution in [3.05, 3.63) is 54.2 Å². The van der Waals surface area contributed by atoms with Crippen LogP contribution in [0.4, 0.5) is 0 Å². The number of hydrogen-bond acceptors (Lipinski definition) is 8. The Kier molecular flexibility index (Phi) is 12.4. The fraction of sp³-hybridized carbons (Fsp3) is 0.393. The summed E-state index contributed by atoms with van der Waals surface area (Å²) < 4.78 is 0. The van der Waals surface area contributed by atoms with Gasteiger partial charge in [-0.3, -0.25) is 24.2 Å². The van der Waals surface area contributed by atoms with Gasteiger partial charge in [0, 0.05) is 54.8 Å². The van der Waals surface area contributed by atoms with Crippen molar-refractivity contribution in [2.75, 3.05) is 6.54 Å². The number of carboxylic acids is 2. The lowest BCUT2D eigenvalue weighted by Gasteiger charge is -2.25. The molecule has 242 valence electrons. The van der Waals surface area contributed by atoms with E-state index in [1.165, 1.54) is 12.5 Å². The minimum absolute atomic E-state index is 0.00679. The Morgan fingerprint density at radius 3 is 2.24 bits per heavy atom. The highest BCUT2D eigenvalue weighted by molar-refractivity contribution is 5.95. The SMILES string of the molecule is NC(N)=NCCCC(N)C(=O)NC(Cc1c[nH]c2ccccc12)C(=O)NC(CCC(=O)O)C(=O)NC(Cc1cnc[nH]1)C(=O)O. The Bertz CT molecular complexity index is 1500. The molecule has 0 saturated carbocycles. The Morgan fingerprint density at radius 1 is 0.889 bits per heavy atom. The molecule has 0 aliphatic carbocycles. The minimum Gasteiger partial charge on any atom is -0.481 e. The number of carbonyl (C=O) groups is 5. The number of carbonyl (C=O) groups excluding carboxylic acids is 3. The number of aliphatic imine (C=N–C) groups is 1. The van der Waals surface area contributed by atoms with Gasteiger partial charge in [-0.2, -0.15) is 0 Å². The average molecular weight is 627 g/mol. The molecule has 0 spiro atoms. The van der Waals surface area contributed by atoms with Crippen LogP contribution < -0.4 is 33.2 Å². The number of nitrogens with one attached hydrogen (secondary N) is 5. The number of nitrogens with two attached hydrogens (primary N) is 3. The molecule has 3 amide bonds. The number of para-hydroxylation sites is 1. The van der Waals surface area contributed by atoms with Crippen molar-refractivity contribution in [1.82, 2.24) is 30.9 Å². The van der Waals surface area contributed by atoms with Crippen LogP contribution in [0.1, 0.15) is 36.9 Å². The van der Waals surface area contributed by atoms with Gasteiger partial charge in [-0.05, 0) is 30.9 Å². The van der Waals surface area contributed by atoms with Crippen LogP contribution in [-0.2, 0) is 36.8 Å². The number of aromatic nitrogens is 3. The average Bonchev–Trinajstić information content (AvgIpc) is 3.66. The van der Waals surface area contributed by atoms with Gasteiger partial charge in [-0.15, -0.1) is 0 Å². The van der Waals surface area contributed by atoms with Gasteiger partial charge in [-0.25, -0.2) is 9.78 Å². The molecule has 2 heterocycles. The van der Waals surface area contributed by atoms with E-state index in [4.69, 9.17) is 17.2 Å². The molecule has 0 aliphatic rings. The van der Waals surface area contributed by atoms with Crippen LogP contribution in [0.25, 0.3) is 10.9 Å². The number of benzene rings is 1. The van der Waals surface area contributed by atoms with Crippen LogP contribution in [0.2, 0.25) is 0 Å². The summed E-state index contributed by atoms with van der Waals surface area (Å²) in [5, 5.41) is 27.2. The molecule has 45 heavy (non-hydrogen) atoms. The molecule has 4 atom stereocenters. The molecule has 2 aromatic heterocycles. The Morgan fingerprint density at radius 2 is 1.58 bits per heavy atom. The summed E-state index contributed by atoms with van der Waals surface area (Å²) in [6.07, 6.45) is 4.05. The van der Waals surface area contributed by atoms with Crippen molar-refractivity contribution >= 4 is 46.5 Å². The van der Waals surface area contributed by atoms with E-state index in [1.807, 2.05) is 24.3 Å².